The van der Waals surface area contributed by atoms with Crippen LogP contribution in [-0.4, -0.2) is 39.4 Å². The van der Waals surface area contributed by atoms with Crippen LogP contribution in [-0.2, 0) is 10.3 Å². The maximum Gasteiger partial charge on any atom is 0.410 e. The van der Waals surface area contributed by atoms with Gasteiger partial charge in [0.15, 0.2) is 5.60 Å². The monoisotopic (exact) mass is 401 g/mol. The van der Waals surface area contributed by atoms with E-state index in [1.165, 1.54) is 15.9 Å². The summed E-state index contributed by atoms with van der Waals surface area (Å²) in [6.45, 7) is 4.23. The van der Waals surface area contributed by atoms with E-state index in [-0.39, 0.29) is 19.2 Å². The highest BCUT2D eigenvalue weighted by Crippen LogP contribution is 2.34. The number of amides is 1. The lowest BCUT2D eigenvalue weighted by Gasteiger charge is -2.23. The van der Waals surface area contributed by atoms with Gasteiger partial charge in [0.2, 0.25) is 5.95 Å². The van der Waals surface area contributed by atoms with Gasteiger partial charge in [0, 0.05) is 20.2 Å². The van der Waals surface area contributed by atoms with Crippen molar-refractivity contribution in [1.82, 2.24) is 19.7 Å². The summed E-state index contributed by atoms with van der Waals surface area (Å²) >= 11 is 0. The van der Waals surface area contributed by atoms with Crippen molar-refractivity contribution in [2.24, 2.45) is 0 Å². The second kappa shape index (κ2) is 6.84. The van der Waals surface area contributed by atoms with Crippen LogP contribution in [0.2, 0.25) is 0 Å². The van der Waals surface area contributed by atoms with E-state index in [2.05, 4.69) is 15.4 Å². The molecule has 3 aromatic rings. The fourth-order valence-electron chi connectivity index (χ4n) is 3.38. The largest absolute Gasteiger partial charge is 0.436 e. The Kier molecular flexibility index (Phi) is 4.45. The molecule has 1 fully saturated rings. The third-order valence-electron chi connectivity index (χ3n) is 4.71. The van der Waals surface area contributed by atoms with E-state index in [0.717, 1.165) is 29.3 Å². The zero-order valence-corrected chi connectivity index (χ0v) is 16.1. The quantitative estimate of drug-likeness (QED) is 0.711. The smallest absolute Gasteiger partial charge is 0.410 e. The van der Waals surface area contributed by atoms with Crippen LogP contribution in [0.3, 0.4) is 0 Å². The number of anilines is 2. The minimum atomic E-state index is -0.764. The van der Waals surface area contributed by atoms with E-state index in [9.17, 15) is 13.6 Å². The Morgan fingerprint density at radius 2 is 1.90 bits per heavy atom. The van der Waals surface area contributed by atoms with Crippen molar-refractivity contribution >= 4 is 17.7 Å². The summed E-state index contributed by atoms with van der Waals surface area (Å²) < 4.78 is 33.7. The predicted octanol–water partition coefficient (Wildman–Crippen LogP) is 4.14. The van der Waals surface area contributed by atoms with E-state index in [1.807, 2.05) is 32.0 Å². The first kappa shape index (κ1) is 18.9. The highest BCUT2D eigenvalue weighted by molar-refractivity contribution is 5.71. The highest BCUT2D eigenvalue weighted by Gasteiger charge is 2.41. The number of nitrogens with zero attached hydrogens (tertiary/aromatic N) is 4. The summed E-state index contributed by atoms with van der Waals surface area (Å²) in [6.07, 6.45) is 0.994. The Balaban J connectivity index is 0.00000256. The van der Waals surface area contributed by atoms with Crippen LogP contribution >= 0.6 is 0 Å². The minimum absolute atomic E-state index is 0. The Morgan fingerprint density at radius 3 is 2.55 bits per heavy atom. The van der Waals surface area contributed by atoms with Gasteiger partial charge in [-0.15, -0.1) is 5.10 Å². The number of halogens is 2. The molecule has 152 valence electrons. The summed E-state index contributed by atoms with van der Waals surface area (Å²) in [5.74, 6) is -1.13. The number of ether oxygens (including phenoxy) is 1. The lowest BCUT2D eigenvalue weighted by molar-refractivity contribution is 0.0701. The average Bonchev–Trinajstić information content (AvgIpc) is 3.18. The maximum absolute atomic E-state index is 13.4. The lowest BCUT2D eigenvalue weighted by Crippen LogP contribution is -2.27. The zero-order valence-electron chi connectivity index (χ0n) is 16.1. The molecule has 1 saturated heterocycles. The second-order valence-corrected chi connectivity index (χ2v) is 7.31. The Bertz CT molecular complexity index is 1090. The van der Waals surface area contributed by atoms with Gasteiger partial charge in [-0.1, -0.05) is 6.07 Å². The number of carbonyl (C=O) groups excluding carboxylic acids is 1. The van der Waals surface area contributed by atoms with Crippen molar-refractivity contribution in [3.8, 4) is 5.69 Å². The van der Waals surface area contributed by atoms with Crippen molar-refractivity contribution < 1.29 is 19.7 Å². The molecule has 0 aliphatic carbocycles. The van der Waals surface area contributed by atoms with Crippen molar-refractivity contribution in [2.75, 3.05) is 18.9 Å². The highest BCUT2D eigenvalue weighted by atomic mass is 19.1. The van der Waals surface area contributed by atoms with Crippen molar-refractivity contribution in [2.45, 2.75) is 19.4 Å². The molecule has 0 saturated carbocycles. The molecule has 4 rings (SSSR count). The number of aromatic nitrogens is 3. The fraction of sp³-hybridized carbons (Fsp3) is 0.250. The van der Waals surface area contributed by atoms with Crippen LogP contribution < -0.4 is 5.32 Å². The molecule has 2 heterocycles. The molecule has 0 bridgehead atoms. The summed E-state index contributed by atoms with van der Waals surface area (Å²) in [6, 6.07) is 8.84. The Hall–Kier alpha value is -3.49. The normalized spacial score (nSPS) is 18.8. The fourth-order valence-corrected chi connectivity index (χ4v) is 3.38. The first-order valence-electron chi connectivity index (χ1n) is 8.93. The molecule has 7 nitrogen and oxygen atoms in total. The van der Waals surface area contributed by atoms with Crippen LogP contribution in [0.15, 0.2) is 42.7 Å². The number of nitrogens with one attached hydrogen (secondary N) is 1. The summed E-state index contributed by atoms with van der Waals surface area (Å²) in [7, 11) is 1.69. The van der Waals surface area contributed by atoms with Gasteiger partial charge in [-0.2, -0.15) is 4.98 Å². The van der Waals surface area contributed by atoms with E-state index in [1.54, 1.807) is 7.05 Å². The predicted molar refractivity (Wildman–Crippen MR) is 104 cm³/mol. The number of rotatable bonds is 4. The van der Waals surface area contributed by atoms with E-state index < -0.39 is 17.2 Å². The first-order valence-corrected chi connectivity index (χ1v) is 8.93. The van der Waals surface area contributed by atoms with Crippen LogP contribution in [0, 0.1) is 18.6 Å². The molecule has 1 atom stereocenters. The van der Waals surface area contributed by atoms with Gasteiger partial charge in [-0.25, -0.2) is 18.3 Å². The van der Waals surface area contributed by atoms with Crippen LogP contribution in [0.5, 0.6) is 0 Å². The van der Waals surface area contributed by atoms with Gasteiger partial charge in [-0.05, 0) is 49.2 Å². The third-order valence-corrected chi connectivity index (χ3v) is 4.71. The van der Waals surface area contributed by atoms with E-state index in [4.69, 9.17) is 4.74 Å². The molecule has 0 radical (unpaired) electrons. The lowest BCUT2D eigenvalue weighted by atomic mass is 9.94. The van der Waals surface area contributed by atoms with Crippen molar-refractivity contribution in [3.05, 3.63) is 65.5 Å². The molecular formula is C20H21F2N5O2. The number of aryl methyl sites for hydroxylation is 1. The van der Waals surface area contributed by atoms with Gasteiger partial charge >= 0.3 is 6.09 Å². The van der Waals surface area contributed by atoms with Crippen LogP contribution in [0.1, 0.15) is 19.5 Å². The van der Waals surface area contributed by atoms with Gasteiger partial charge in [0.05, 0.1) is 12.2 Å². The minimum Gasteiger partial charge on any atom is -0.436 e. The van der Waals surface area contributed by atoms with E-state index >= 15 is 0 Å². The molecule has 1 N–H and O–H groups in total. The number of hydrogen-bond acceptors (Lipinski definition) is 5. The molecule has 9 heteroatoms. The average molecular weight is 401 g/mol. The molecule has 1 amide bonds. The number of hydrogen-bond donors (Lipinski definition) is 1. The van der Waals surface area contributed by atoms with Crippen LogP contribution in [0.4, 0.5) is 25.2 Å². The van der Waals surface area contributed by atoms with Crippen molar-refractivity contribution in [1.29, 1.82) is 0 Å². The topological polar surface area (TPSA) is 72.3 Å². The Morgan fingerprint density at radius 1 is 1.17 bits per heavy atom. The Labute approximate surface area is 167 Å². The van der Waals surface area contributed by atoms with Crippen LogP contribution in [0.25, 0.3) is 5.69 Å². The molecule has 0 unspecified atom stereocenters. The molecule has 1 aromatic heterocycles. The number of benzene rings is 2. The standard InChI is InChI=1S/C20H19F2N5O2.H2/c1-12-4-13(20(2)10-26(3)19(28)29-20)6-16(5-12)24-18-23-11-27(25-18)17-8-14(21)7-15(22)9-17;/h4-9,11H,10H2,1-3H3,(H,24,25);1H/t20-;/m0./s1. The summed E-state index contributed by atoms with van der Waals surface area (Å²) in [5, 5.41) is 7.31. The number of carbonyl (C=O) groups is 1. The van der Waals surface area contributed by atoms with E-state index in [0.29, 0.717) is 12.2 Å². The molecule has 0 spiro atoms. The zero-order chi connectivity index (χ0) is 20.8. The summed E-state index contributed by atoms with van der Waals surface area (Å²) in [4.78, 5) is 17.5. The summed E-state index contributed by atoms with van der Waals surface area (Å²) in [5.41, 5.74) is 1.96. The molecule has 29 heavy (non-hydrogen) atoms. The van der Waals surface area contributed by atoms with Gasteiger partial charge in [0.1, 0.15) is 18.0 Å². The maximum atomic E-state index is 13.4. The van der Waals surface area contributed by atoms with Gasteiger partial charge < -0.3 is 15.0 Å². The SMILES string of the molecule is Cc1cc(Nc2ncn(-c3cc(F)cc(F)c3)n2)cc([C@]2(C)CN(C)C(=O)O2)c1.[HH]. The molecule has 2 aromatic carbocycles. The molecule has 1 aliphatic heterocycles. The molecular weight excluding hydrogens is 380 g/mol. The number of likely N-dealkylation sites (N-methyl/N-ethyl adjacent to an activating group) is 1. The van der Waals surface area contributed by atoms with Gasteiger partial charge in [-0.3, -0.25) is 0 Å². The van der Waals surface area contributed by atoms with Crippen molar-refractivity contribution in [3.63, 3.8) is 0 Å². The first-order chi connectivity index (χ1) is 13.7. The second-order valence-electron chi connectivity index (χ2n) is 7.31. The third kappa shape index (κ3) is 3.75. The number of cyclic esters (lactones) is 1. The van der Waals surface area contributed by atoms with Gasteiger partial charge in [0.25, 0.3) is 0 Å². The molecule has 1 aliphatic rings.